The van der Waals surface area contributed by atoms with Crippen LogP contribution in [0.2, 0.25) is 0 Å². The quantitative estimate of drug-likeness (QED) is 0.752. The average Bonchev–Trinajstić information content (AvgIpc) is 3.33. The first-order valence-electron chi connectivity index (χ1n) is 7.91. The first kappa shape index (κ1) is 16.1. The second-order valence-corrected chi connectivity index (χ2v) is 7.50. The Kier molecular flexibility index (Phi) is 4.63. The number of thiazole rings is 1. The highest BCUT2D eigenvalue weighted by Gasteiger charge is 2.22. The van der Waals surface area contributed by atoms with Crippen LogP contribution in [0.3, 0.4) is 0 Å². The highest BCUT2D eigenvalue weighted by Crippen LogP contribution is 2.34. The van der Waals surface area contributed by atoms with E-state index >= 15 is 0 Å². The Morgan fingerprint density at radius 1 is 0.960 bits per heavy atom. The zero-order valence-electron chi connectivity index (χ0n) is 13.3. The van der Waals surface area contributed by atoms with E-state index in [1.54, 1.807) is 11.8 Å². The molecule has 1 aliphatic heterocycles. The second-order valence-electron chi connectivity index (χ2n) is 5.42. The molecule has 2 heterocycles. The van der Waals surface area contributed by atoms with E-state index in [1.165, 1.54) is 11.3 Å². The van der Waals surface area contributed by atoms with Crippen LogP contribution in [0, 0.1) is 0 Å². The summed E-state index contributed by atoms with van der Waals surface area (Å²) in [6.45, 7) is 0.754. The lowest BCUT2D eigenvalue weighted by molar-refractivity contribution is 0.0982. The van der Waals surface area contributed by atoms with E-state index in [0.717, 1.165) is 28.4 Å². The van der Waals surface area contributed by atoms with Gasteiger partial charge in [0.1, 0.15) is 9.88 Å². The lowest BCUT2D eigenvalue weighted by Crippen LogP contribution is -2.27. The fourth-order valence-electron chi connectivity index (χ4n) is 2.53. The maximum Gasteiger partial charge on any atom is 0.269 e. The zero-order valence-corrected chi connectivity index (χ0v) is 14.9. The molecule has 1 N–H and O–H groups in total. The van der Waals surface area contributed by atoms with Gasteiger partial charge >= 0.3 is 0 Å². The van der Waals surface area contributed by atoms with Crippen molar-refractivity contribution < 1.29 is 4.79 Å². The van der Waals surface area contributed by atoms with Crippen LogP contribution in [-0.4, -0.2) is 28.4 Å². The summed E-state index contributed by atoms with van der Waals surface area (Å²) >= 11 is 2.98. The van der Waals surface area contributed by atoms with Crippen molar-refractivity contribution in [1.82, 2.24) is 10.3 Å². The predicted molar refractivity (Wildman–Crippen MR) is 105 cm³/mol. The molecule has 0 spiro atoms. The molecule has 1 amide bonds. The first-order valence-corrected chi connectivity index (χ1v) is 9.72. The van der Waals surface area contributed by atoms with Gasteiger partial charge in [-0.1, -0.05) is 72.4 Å². The van der Waals surface area contributed by atoms with E-state index in [1.807, 2.05) is 60.7 Å². The summed E-state index contributed by atoms with van der Waals surface area (Å²) in [7, 11) is 0. The van der Waals surface area contributed by atoms with Gasteiger partial charge < -0.3 is 5.32 Å². The number of aliphatic imine (C=N–C) groups is 1. The van der Waals surface area contributed by atoms with Crippen LogP contribution in [0.4, 0.5) is 0 Å². The Morgan fingerprint density at radius 2 is 1.64 bits per heavy atom. The maximum absolute atomic E-state index is 12.8. The normalized spacial score (nSPS) is 13.5. The van der Waals surface area contributed by atoms with Crippen LogP contribution < -0.4 is 5.32 Å². The third-order valence-electron chi connectivity index (χ3n) is 3.71. The predicted octanol–water partition coefficient (Wildman–Crippen LogP) is 4.31. The Hall–Kier alpha value is -2.44. The highest BCUT2D eigenvalue weighted by molar-refractivity contribution is 8.14. The number of hydrogen-bond donors (Lipinski definition) is 1. The van der Waals surface area contributed by atoms with Gasteiger partial charge in [0.25, 0.3) is 5.91 Å². The molecule has 2 aromatic carbocycles. The Labute approximate surface area is 154 Å². The van der Waals surface area contributed by atoms with Crippen molar-refractivity contribution in [2.75, 3.05) is 12.3 Å². The molecule has 0 aliphatic carbocycles. The van der Waals surface area contributed by atoms with Gasteiger partial charge in [0, 0.05) is 16.9 Å². The van der Waals surface area contributed by atoms with Crippen molar-refractivity contribution in [3.8, 4) is 21.8 Å². The number of benzene rings is 2. The third-order valence-corrected chi connectivity index (χ3v) is 5.70. The summed E-state index contributed by atoms with van der Waals surface area (Å²) in [5, 5.41) is 4.45. The van der Waals surface area contributed by atoms with Crippen molar-refractivity contribution in [3.05, 3.63) is 65.5 Å². The Morgan fingerprint density at radius 3 is 2.28 bits per heavy atom. The standard InChI is InChI=1S/C19H15N3OS2/c23-17(22-19-20-11-12-24-19)16-15(13-7-3-1-4-8-13)21-18(25-16)14-9-5-2-6-10-14/h1-10H,11-12H2,(H,20,22,23). The Balaban J connectivity index is 1.75. The van der Waals surface area contributed by atoms with E-state index in [0.29, 0.717) is 15.7 Å². The molecule has 6 heteroatoms. The van der Waals surface area contributed by atoms with Gasteiger partial charge in [0.2, 0.25) is 0 Å². The zero-order chi connectivity index (χ0) is 17.1. The number of rotatable bonds is 3. The fraction of sp³-hybridized carbons (Fsp3) is 0.105. The van der Waals surface area contributed by atoms with Crippen molar-refractivity contribution in [2.45, 2.75) is 0 Å². The van der Waals surface area contributed by atoms with Crippen molar-refractivity contribution in [1.29, 1.82) is 0 Å². The lowest BCUT2D eigenvalue weighted by Gasteiger charge is -2.04. The topological polar surface area (TPSA) is 54.4 Å². The number of nitrogens with one attached hydrogen (secondary N) is 1. The SMILES string of the molecule is O=C(NC1=NCCS1)c1sc(-c2ccccc2)nc1-c1ccccc1. The molecule has 0 fully saturated rings. The van der Waals surface area contributed by atoms with Crippen LogP contribution in [0.1, 0.15) is 9.67 Å². The summed E-state index contributed by atoms with van der Waals surface area (Å²) in [5.74, 6) is 0.769. The minimum atomic E-state index is -0.147. The first-order chi connectivity index (χ1) is 12.3. The molecule has 1 aromatic heterocycles. The van der Waals surface area contributed by atoms with Gasteiger partial charge in [-0.15, -0.1) is 11.3 Å². The monoisotopic (exact) mass is 365 g/mol. The third kappa shape index (κ3) is 3.50. The van der Waals surface area contributed by atoms with Crippen LogP contribution >= 0.6 is 23.1 Å². The molecule has 1 aliphatic rings. The molecule has 3 aromatic rings. The highest BCUT2D eigenvalue weighted by atomic mass is 32.2. The average molecular weight is 365 g/mol. The summed E-state index contributed by atoms with van der Waals surface area (Å²) in [4.78, 5) is 22.5. The number of amides is 1. The van der Waals surface area contributed by atoms with Gasteiger partial charge in [-0.25, -0.2) is 4.98 Å². The van der Waals surface area contributed by atoms with E-state index in [2.05, 4.69) is 10.3 Å². The van der Waals surface area contributed by atoms with Gasteiger partial charge in [0.05, 0.1) is 12.2 Å². The summed E-state index contributed by atoms with van der Waals surface area (Å²) in [6, 6.07) is 19.7. The number of aromatic nitrogens is 1. The largest absolute Gasteiger partial charge is 0.301 e. The van der Waals surface area contributed by atoms with Gasteiger partial charge in [-0.2, -0.15) is 0 Å². The van der Waals surface area contributed by atoms with E-state index in [9.17, 15) is 4.79 Å². The van der Waals surface area contributed by atoms with Gasteiger partial charge in [-0.3, -0.25) is 9.79 Å². The summed E-state index contributed by atoms with van der Waals surface area (Å²) in [6.07, 6.45) is 0. The van der Waals surface area contributed by atoms with Crippen LogP contribution in [0.15, 0.2) is 65.7 Å². The van der Waals surface area contributed by atoms with E-state index < -0.39 is 0 Å². The van der Waals surface area contributed by atoms with Gasteiger partial charge in [0.15, 0.2) is 5.17 Å². The number of thioether (sulfide) groups is 1. The second kappa shape index (κ2) is 7.21. The summed E-state index contributed by atoms with van der Waals surface area (Å²) < 4.78 is 0. The fourth-order valence-corrected chi connectivity index (χ4v) is 4.25. The van der Waals surface area contributed by atoms with E-state index in [4.69, 9.17) is 4.98 Å². The molecule has 25 heavy (non-hydrogen) atoms. The molecular formula is C19H15N3OS2. The lowest BCUT2D eigenvalue weighted by atomic mass is 10.1. The number of carbonyl (C=O) groups excluding carboxylic acids is 1. The van der Waals surface area contributed by atoms with Crippen LogP contribution in [-0.2, 0) is 0 Å². The molecule has 0 bridgehead atoms. The molecule has 0 radical (unpaired) electrons. The molecule has 4 rings (SSSR count). The van der Waals surface area contributed by atoms with Crippen LogP contribution in [0.5, 0.6) is 0 Å². The number of hydrogen-bond acceptors (Lipinski definition) is 5. The molecular weight excluding hydrogens is 350 g/mol. The Bertz CT molecular complexity index is 920. The van der Waals surface area contributed by atoms with Crippen LogP contribution in [0.25, 0.3) is 21.8 Å². The number of carbonyl (C=O) groups is 1. The maximum atomic E-state index is 12.8. The molecule has 0 unspecified atom stereocenters. The molecule has 0 saturated carbocycles. The van der Waals surface area contributed by atoms with Gasteiger partial charge in [-0.05, 0) is 0 Å². The minimum absolute atomic E-state index is 0.147. The number of amidine groups is 1. The van der Waals surface area contributed by atoms with Crippen molar-refractivity contribution >= 4 is 34.2 Å². The molecule has 4 nitrogen and oxygen atoms in total. The van der Waals surface area contributed by atoms with Crippen molar-refractivity contribution in [2.24, 2.45) is 4.99 Å². The smallest absolute Gasteiger partial charge is 0.269 e. The molecule has 0 atom stereocenters. The number of nitrogens with zero attached hydrogens (tertiary/aromatic N) is 2. The van der Waals surface area contributed by atoms with Crippen molar-refractivity contribution in [3.63, 3.8) is 0 Å². The summed E-state index contributed by atoms with van der Waals surface area (Å²) in [5.41, 5.74) is 2.66. The minimum Gasteiger partial charge on any atom is -0.301 e. The molecule has 124 valence electrons. The van der Waals surface area contributed by atoms with E-state index in [-0.39, 0.29) is 5.91 Å². The molecule has 0 saturated heterocycles.